The maximum absolute atomic E-state index is 12.9. The molecule has 0 saturated heterocycles. The number of pyridine rings is 1. The maximum atomic E-state index is 12.9. The quantitative estimate of drug-likeness (QED) is 0.581. The minimum Gasteiger partial charge on any atom is -0.333 e. The number of amides is 1. The van der Waals surface area contributed by atoms with Crippen LogP contribution in [0.2, 0.25) is 0 Å². The summed E-state index contributed by atoms with van der Waals surface area (Å²) in [5.74, 6) is 0.532. The summed E-state index contributed by atoms with van der Waals surface area (Å²) in [5.41, 5.74) is 3.25. The molecule has 0 saturated carbocycles. The van der Waals surface area contributed by atoms with Gasteiger partial charge in [-0.1, -0.05) is 30.3 Å². The Hall–Kier alpha value is -3.81. The van der Waals surface area contributed by atoms with Crippen LogP contribution in [0.4, 0.5) is 0 Å². The number of carbonyl (C=O) groups excluding carboxylic acids is 1. The van der Waals surface area contributed by atoms with Crippen molar-refractivity contribution in [1.82, 2.24) is 34.8 Å². The van der Waals surface area contributed by atoms with Gasteiger partial charge >= 0.3 is 0 Å². The van der Waals surface area contributed by atoms with E-state index < -0.39 is 0 Å². The zero-order valence-corrected chi connectivity index (χ0v) is 15.5. The molecule has 28 heavy (non-hydrogen) atoms. The van der Waals surface area contributed by atoms with E-state index in [-0.39, 0.29) is 11.9 Å². The van der Waals surface area contributed by atoms with Gasteiger partial charge in [-0.05, 0) is 25.1 Å². The number of nitrogens with zero attached hydrogens (tertiary/aromatic N) is 6. The van der Waals surface area contributed by atoms with Crippen LogP contribution in [-0.2, 0) is 0 Å². The van der Waals surface area contributed by atoms with Gasteiger partial charge in [-0.25, -0.2) is 4.98 Å². The third kappa shape index (κ3) is 3.39. The molecule has 8 nitrogen and oxygen atoms in total. The lowest BCUT2D eigenvalue weighted by Gasteiger charge is -2.23. The predicted octanol–water partition coefficient (Wildman–Crippen LogP) is 2.89. The van der Waals surface area contributed by atoms with Crippen LogP contribution in [0.25, 0.3) is 17.1 Å². The monoisotopic (exact) mass is 373 g/mol. The van der Waals surface area contributed by atoms with Gasteiger partial charge in [0.25, 0.3) is 5.91 Å². The van der Waals surface area contributed by atoms with Crippen LogP contribution in [0, 0.1) is 0 Å². The van der Waals surface area contributed by atoms with Gasteiger partial charge in [0.2, 0.25) is 0 Å². The molecule has 4 rings (SSSR count). The van der Waals surface area contributed by atoms with Gasteiger partial charge < -0.3 is 4.90 Å². The second kappa shape index (κ2) is 7.43. The molecule has 0 aliphatic carbocycles. The van der Waals surface area contributed by atoms with E-state index in [2.05, 4.69) is 25.4 Å². The Kier molecular flexibility index (Phi) is 4.67. The molecular formula is C20H19N7O. The third-order valence-electron chi connectivity index (χ3n) is 4.70. The first-order chi connectivity index (χ1) is 13.6. The summed E-state index contributed by atoms with van der Waals surface area (Å²) < 4.78 is 1.68. The number of rotatable bonds is 5. The lowest BCUT2D eigenvalue weighted by atomic mass is 10.1. The minimum atomic E-state index is -0.171. The summed E-state index contributed by atoms with van der Waals surface area (Å²) in [5, 5.41) is 14.9. The van der Waals surface area contributed by atoms with Crippen LogP contribution in [0.5, 0.6) is 0 Å². The van der Waals surface area contributed by atoms with Gasteiger partial charge in [0.05, 0.1) is 23.0 Å². The van der Waals surface area contributed by atoms with Crippen molar-refractivity contribution in [2.45, 2.75) is 13.0 Å². The molecule has 140 valence electrons. The van der Waals surface area contributed by atoms with Crippen LogP contribution in [0.3, 0.4) is 0 Å². The van der Waals surface area contributed by atoms with Crippen molar-refractivity contribution in [3.63, 3.8) is 0 Å². The molecular weight excluding hydrogens is 354 g/mol. The molecule has 4 aromatic rings. The standard InChI is InChI=1S/C20H19N7O/c1-14(17-10-18(25-24-17)15-6-4-3-5-7-15)26(2)20(28)16-8-9-19(21-11-16)27-12-22-23-13-27/h3-14H,1-2H3,(H,24,25)/t14-/m1/s1. The first-order valence-electron chi connectivity index (χ1n) is 8.82. The van der Waals surface area contributed by atoms with Crippen LogP contribution in [0.1, 0.15) is 29.0 Å². The Morgan fingerprint density at radius 1 is 1.11 bits per heavy atom. The molecule has 1 atom stereocenters. The summed E-state index contributed by atoms with van der Waals surface area (Å²) in [6.45, 7) is 1.96. The number of hydrogen-bond donors (Lipinski definition) is 1. The molecule has 3 heterocycles. The van der Waals surface area contributed by atoms with Crippen molar-refractivity contribution >= 4 is 5.91 Å². The zero-order valence-electron chi connectivity index (χ0n) is 15.5. The van der Waals surface area contributed by atoms with Crippen LogP contribution in [-0.4, -0.2) is 47.8 Å². The van der Waals surface area contributed by atoms with Crippen molar-refractivity contribution in [3.8, 4) is 17.1 Å². The number of nitrogens with one attached hydrogen (secondary N) is 1. The summed E-state index contributed by atoms with van der Waals surface area (Å²) in [7, 11) is 1.77. The fourth-order valence-corrected chi connectivity index (χ4v) is 2.88. The average molecular weight is 373 g/mol. The van der Waals surface area contributed by atoms with Crippen LogP contribution >= 0.6 is 0 Å². The van der Waals surface area contributed by atoms with E-state index in [0.29, 0.717) is 11.4 Å². The third-order valence-corrected chi connectivity index (χ3v) is 4.70. The van der Waals surface area contributed by atoms with E-state index >= 15 is 0 Å². The molecule has 1 N–H and O–H groups in total. The highest BCUT2D eigenvalue weighted by Gasteiger charge is 2.21. The van der Waals surface area contributed by atoms with Gasteiger partial charge in [0, 0.05) is 18.8 Å². The van der Waals surface area contributed by atoms with Crippen molar-refractivity contribution in [2.75, 3.05) is 7.05 Å². The topological polar surface area (TPSA) is 92.6 Å². The number of hydrogen-bond acceptors (Lipinski definition) is 5. The summed E-state index contributed by atoms with van der Waals surface area (Å²) in [6, 6.07) is 15.2. The number of aromatic nitrogens is 6. The first-order valence-corrected chi connectivity index (χ1v) is 8.82. The lowest BCUT2D eigenvalue weighted by Crippen LogP contribution is -2.30. The summed E-state index contributed by atoms with van der Waals surface area (Å²) in [4.78, 5) is 18.8. The van der Waals surface area contributed by atoms with Gasteiger partial charge in [-0.3, -0.25) is 14.5 Å². The van der Waals surface area contributed by atoms with Gasteiger partial charge in [0.15, 0.2) is 0 Å². The molecule has 0 bridgehead atoms. The van der Waals surface area contributed by atoms with E-state index in [9.17, 15) is 4.79 Å². The Morgan fingerprint density at radius 2 is 1.86 bits per heavy atom. The van der Waals surface area contributed by atoms with Crippen molar-refractivity contribution < 1.29 is 4.79 Å². The van der Waals surface area contributed by atoms with Gasteiger partial charge in [-0.15, -0.1) is 10.2 Å². The van der Waals surface area contributed by atoms with E-state index in [1.807, 2.05) is 43.3 Å². The van der Waals surface area contributed by atoms with E-state index in [0.717, 1.165) is 17.0 Å². The molecule has 0 aliphatic rings. The molecule has 3 aromatic heterocycles. The van der Waals surface area contributed by atoms with E-state index in [4.69, 9.17) is 0 Å². The predicted molar refractivity (Wildman–Crippen MR) is 104 cm³/mol. The second-order valence-corrected chi connectivity index (χ2v) is 6.44. The average Bonchev–Trinajstić information content (AvgIpc) is 3.45. The normalized spacial score (nSPS) is 11.9. The fraction of sp³-hybridized carbons (Fsp3) is 0.150. The molecule has 0 radical (unpaired) electrons. The number of H-pyrrole nitrogens is 1. The number of carbonyl (C=O) groups is 1. The zero-order chi connectivity index (χ0) is 19.5. The fourth-order valence-electron chi connectivity index (χ4n) is 2.88. The molecule has 1 aromatic carbocycles. The van der Waals surface area contributed by atoms with Crippen molar-refractivity contribution in [1.29, 1.82) is 0 Å². The van der Waals surface area contributed by atoms with E-state index in [1.165, 1.54) is 0 Å². The minimum absolute atomic E-state index is 0.119. The molecule has 8 heteroatoms. The van der Waals surface area contributed by atoms with Crippen LogP contribution in [0.15, 0.2) is 67.4 Å². The molecule has 1 amide bonds. The Balaban J connectivity index is 1.50. The first kappa shape index (κ1) is 17.6. The summed E-state index contributed by atoms with van der Waals surface area (Å²) >= 11 is 0. The Labute approximate surface area is 161 Å². The van der Waals surface area contributed by atoms with Gasteiger partial charge in [0.1, 0.15) is 18.5 Å². The largest absolute Gasteiger partial charge is 0.333 e. The van der Waals surface area contributed by atoms with E-state index in [1.54, 1.807) is 47.5 Å². The number of benzene rings is 1. The highest BCUT2D eigenvalue weighted by molar-refractivity contribution is 5.94. The van der Waals surface area contributed by atoms with Gasteiger partial charge in [-0.2, -0.15) is 5.10 Å². The van der Waals surface area contributed by atoms with Crippen molar-refractivity contribution in [2.24, 2.45) is 0 Å². The Morgan fingerprint density at radius 3 is 2.54 bits per heavy atom. The van der Waals surface area contributed by atoms with Crippen molar-refractivity contribution in [3.05, 3.63) is 78.6 Å². The summed E-state index contributed by atoms with van der Waals surface area (Å²) in [6.07, 6.45) is 4.67. The Bertz CT molecular complexity index is 1060. The maximum Gasteiger partial charge on any atom is 0.255 e. The molecule has 0 fully saturated rings. The lowest BCUT2D eigenvalue weighted by molar-refractivity contribution is 0.0739. The SMILES string of the molecule is C[C@H](c1cc(-c2ccccc2)n[nH]1)N(C)C(=O)c1ccc(-n2cnnc2)nc1. The smallest absolute Gasteiger partial charge is 0.255 e. The molecule has 0 spiro atoms. The highest BCUT2D eigenvalue weighted by Crippen LogP contribution is 2.24. The van der Waals surface area contributed by atoms with Crippen LogP contribution < -0.4 is 0 Å². The molecule has 0 aliphatic heterocycles. The highest BCUT2D eigenvalue weighted by atomic mass is 16.2. The number of aromatic amines is 1. The molecule has 0 unspecified atom stereocenters. The second-order valence-electron chi connectivity index (χ2n) is 6.44.